The summed E-state index contributed by atoms with van der Waals surface area (Å²) in [5.41, 5.74) is 10.3. The van der Waals surface area contributed by atoms with Crippen LogP contribution in [0.2, 0.25) is 0 Å². The van der Waals surface area contributed by atoms with E-state index in [1.807, 2.05) is 0 Å². The van der Waals surface area contributed by atoms with Crippen LogP contribution in [0.1, 0.15) is 32.6 Å². The summed E-state index contributed by atoms with van der Waals surface area (Å²) in [7, 11) is 0. The first-order valence-electron chi connectivity index (χ1n) is 5.82. The molecule has 4 N–H and O–H groups in total. The van der Waals surface area contributed by atoms with E-state index in [9.17, 15) is 4.79 Å². The third-order valence-electron chi connectivity index (χ3n) is 3.35. The number of nitrogens with zero attached hydrogens (tertiary/aromatic N) is 1. The monoisotopic (exact) mass is 211 g/mol. The largest absolute Gasteiger partial charge is 0.368 e. The number of hydrogen-bond acceptors (Lipinski definition) is 3. The van der Waals surface area contributed by atoms with Crippen LogP contribution >= 0.6 is 0 Å². The van der Waals surface area contributed by atoms with Crippen molar-refractivity contribution >= 4 is 5.91 Å². The van der Waals surface area contributed by atoms with Crippen molar-refractivity contribution in [3.05, 3.63) is 0 Å². The van der Waals surface area contributed by atoms with E-state index >= 15 is 0 Å². The van der Waals surface area contributed by atoms with E-state index in [1.165, 1.54) is 25.7 Å². The van der Waals surface area contributed by atoms with E-state index in [0.29, 0.717) is 12.6 Å². The van der Waals surface area contributed by atoms with E-state index < -0.39 is 11.4 Å². The molecule has 0 radical (unpaired) electrons. The Hall–Kier alpha value is -0.610. The molecule has 1 unspecified atom stereocenters. The highest BCUT2D eigenvalue weighted by Crippen LogP contribution is 2.35. The van der Waals surface area contributed by atoms with Gasteiger partial charge in [-0.1, -0.05) is 0 Å². The van der Waals surface area contributed by atoms with Crippen molar-refractivity contribution in [2.75, 3.05) is 13.1 Å². The topological polar surface area (TPSA) is 72.3 Å². The summed E-state index contributed by atoms with van der Waals surface area (Å²) >= 11 is 0. The van der Waals surface area contributed by atoms with Gasteiger partial charge in [-0.3, -0.25) is 9.69 Å². The van der Waals surface area contributed by atoms with Gasteiger partial charge in [-0.15, -0.1) is 0 Å². The van der Waals surface area contributed by atoms with Crippen molar-refractivity contribution < 1.29 is 4.79 Å². The number of carbonyl (C=O) groups excluding carboxylic acids is 1. The normalized spacial score (nSPS) is 25.3. The van der Waals surface area contributed by atoms with Gasteiger partial charge in [0.25, 0.3) is 0 Å². The highest BCUT2D eigenvalue weighted by Gasteiger charge is 2.38. The van der Waals surface area contributed by atoms with Crippen LogP contribution in [0.25, 0.3) is 0 Å². The van der Waals surface area contributed by atoms with Crippen LogP contribution in [0, 0.1) is 5.92 Å². The number of carbonyl (C=O) groups is 1. The zero-order valence-corrected chi connectivity index (χ0v) is 9.41. The van der Waals surface area contributed by atoms with Crippen LogP contribution in [-0.4, -0.2) is 35.5 Å². The first kappa shape index (κ1) is 10.9. The Bertz CT molecular complexity index is 257. The third kappa shape index (κ3) is 2.92. The molecule has 1 atom stereocenters. The molecule has 1 amide bonds. The molecule has 0 saturated heterocycles. The molecule has 15 heavy (non-hydrogen) atoms. The van der Waals surface area contributed by atoms with E-state index in [-0.39, 0.29) is 0 Å². The molecule has 4 nitrogen and oxygen atoms in total. The summed E-state index contributed by atoms with van der Waals surface area (Å²) in [5.74, 6) is 0.443. The molecular formula is C11H21N3O. The van der Waals surface area contributed by atoms with Crippen LogP contribution < -0.4 is 11.5 Å². The predicted molar refractivity (Wildman–Crippen MR) is 59.1 cm³/mol. The second-order valence-corrected chi connectivity index (χ2v) is 5.39. The molecule has 0 aromatic heterocycles. The fourth-order valence-electron chi connectivity index (χ4n) is 1.91. The number of nitrogens with two attached hydrogens (primary N) is 2. The molecule has 2 aliphatic rings. The molecule has 0 aromatic rings. The summed E-state index contributed by atoms with van der Waals surface area (Å²) in [5, 5.41) is 0. The molecule has 2 saturated carbocycles. The number of amides is 1. The van der Waals surface area contributed by atoms with Gasteiger partial charge < -0.3 is 11.5 Å². The van der Waals surface area contributed by atoms with Crippen molar-refractivity contribution in [3.63, 3.8) is 0 Å². The molecule has 2 rings (SSSR count). The van der Waals surface area contributed by atoms with Gasteiger partial charge in [0, 0.05) is 19.1 Å². The Kier molecular flexibility index (Phi) is 2.73. The Morgan fingerprint density at radius 1 is 1.40 bits per heavy atom. The highest BCUT2D eigenvalue weighted by atomic mass is 16.1. The number of hydrogen-bond donors (Lipinski definition) is 2. The van der Waals surface area contributed by atoms with Crippen LogP contribution in [0.15, 0.2) is 0 Å². The van der Waals surface area contributed by atoms with Crippen LogP contribution in [0.3, 0.4) is 0 Å². The first-order chi connectivity index (χ1) is 6.99. The van der Waals surface area contributed by atoms with E-state index in [1.54, 1.807) is 6.92 Å². The Labute approximate surface area is 91.0 Å². The SMILES string of the molecule is CC(N)(CN(CC1CC1)C1CC1)C(N)=O. The van der Waals surface area contributed by atoms with E-state index in [2.05, 4.69) is 4.90 Å². The molecular weight excluding hydrogens is 190 g/mol. The minimum atomic E-state index is -0.878. The van der Waals surface area contributed by atoms with E-state index in [0.717, 1.165) is 12.5 Å². The van der Waals surface area contributed by atoms with Crippen LogP contribution in [0.5, 0.6) is 0 Å². The molecule has 0 aromatic carbocycles. The molecule has 0 bridgehead atoms. The van der Waals surface area contributed by atoms with Gasteiger partial charge in [0.2, 0.25) is 5.91 Å². The maximum atomic E-state index is 11.2. The standard InChI is InChI=1S/C11H21N3O/c1-11(13,10(12)15)7-14(9-4-5-9)6-8-2-3-8/h8-9H,2-7,13H2,1H3,(H2,12,15). The molecule has 0 aliphatic heterocycles. The summed E-state index contributed by atoms with van der Waals surface area (Å²) in [6.07, 6.45) is 5.17. The second kappa shape index (κ2) is 3.76. The lowest BCUT2D eigenvalue weighted by Crippen LogP contribution is -2.57. The maximum absolute atomic E-state index is 11.2. The maximum Gasteiger partial charge on any atom is 0.238 e. The Morgan fingerprint density at radius 2 is 2.00 bits per heavy atom. The second-order valence-electron chi connectivity index (χ2n) is 5.39. The number of rotatable bonds is 6. The van der Waals surface area contributed by atoms with Crippen molar-refractivity contribution in [3.8, 4) is 0 Å². The summed E-state index contributed by atoms with van der Waals surface area (Å²) in [6.45, 7) is 3.45. The lowest BCUT2D eigenvalue weighted by Gasteiger charge is -2.30. The van der Waals surface area contributed by atoms with Crippen molar-refractivity contribution in [1.82, 2.24) is 4.90 Å². The predicted octanol–water partition coefficient (Wildman–Crippen LogP) is 0.0635. The fraction of sp³-hybridized carbons (Fsp3) is 0.909. The van der Waals surface area contributed by atoms with Gasteiger partial charge in [0.1, 0.15) is 5.54 Å². The Balaban J connectivity index is 1.89. The first-order valence-corrected chi connectivity index (χ1v) is 5.82. The fourth-order valence-corrected chi connectivity index (χ4v) is 1.91. The molecule has 2 fully saturated rings. The smallest absolute Gasteiger partial charge is 0.238 e. The van der Waals surface area contributed by atoms with Gasteiger partial charge in [0.05, 0.1) is 0 Å². The quantitative estimate of drug-likeness (QED) is 0.652. The average molecular weight is 211 g/mol. The summed E-state index contributed by atoms with van der Waals surface area (Å²) in [4.78, 5) is 13.5. The van der Waals surface area contributed by atoms with Gasteiger partial charge in [0.15, 0.2) is 0 Å². The lowest BCUT2D eigenvalue weighted by molar-refractivity contribution is -0.123. The minimum absolute atomic E-state index is 0.399. The van der Waals surface area contributed by atoms with Crippen molar-refractivity contribution in [2.24, 2.45) is 17.4 Å². The van der Waals surface area contributed by atoms with Gasteiger partial charge >= 0.3 is 0 Å². The molecule has 2 aliphatic carbocycles. The van der Waals surface area contributed by atoms with Crippen molar-refractivity contribution in [2.45, 2.75) is 44.2 Å². The highest BCUT2D eigenvalue weighted by molar-refractivity contribution is 5.84. The van der Waals surface area contributed by atoms with Gasteiger partial charge in [-0.25, -0.2) is 0 Å². The van der Waals surface area contributed by atoms with Crippen LogP contribution in [-0.2, 0) is 4.79 Å². The zero-order valence-electron chi connectivity index (χ0n) is 9.41. The lowest BCUT2D eigenvalue weighted by atomic mass is 10.0. The molecule has 4 heteroatoms. The molecule has 0 spiro atoms. The van der Waals surface area contributed by atoms with Crippen molar-refractivity contribution in [1.29, 1.82) is 0 Å². The van der Waals surface area contributed by atoms with Crippen LogP contribution in [0.4, 0.5) is 0 Å². The van der Waals surface area contributed by atoms with Gasteiger partial charge in [-0.2, -0.15) is 0 Å². The average Bonchev–Trinajstić information content (AvgIpc) is 2.98. The number of primary amides is 1. The summed E-state index contributed by atoms with van der Waals surface area (Å²) in [6, 6.07) is 0.660. The summed E-state index contributed by atoms with van der Waals surface area (Å²) < 4.78 is 0. The zero-order chi connectivity index (χ0) is 11.1. The Morgan fingerprint density at radius 3 is 2.40 bits per heavy atom. The minimum Gasteiger partial charge on any atom is -0.368 e. The molecule has 0 heterocycles. The molecule has 86 valence electrons. The van der Waals surface area contributed by atoms with E-state index in [4.69, 9.17) is 11.5 Å². The van der Waals surface area contributed by atoms with Gasteiger partial charge in [-0.05, 0) is 38.5 Å². The third-order valence-corrected chi connectivity index (χ3v) is 3.35.